The van der Waals surface area contributed by atoms with E-state index >= 15 is 0 Å². The summed E-state index contributed by atoms with van der Waals surface area (Å²) in [5.41, 5.74) is 1.75. The molecule has 0 spiro atoms. The minimum atomic E-state index is -0.127. The molecule has 1 amide bonds. The van der Waals surface area contributed by atoms with Crippen molar-refractivity contribution in [3.8, 4) is 0 Å². The van der Waals surface area contributed by atoms with Crippen LogP contribution in [-0.4, -0.2) is 59.6 Å². The van der Waals surface area contributed by atoms with E-state index in [4.69, 9.17) is 9.15 Å². The minimum absolute atomic E-state index is 0.0486. The predicted octanol–water partition coefficient (Wildman–Crippen LogP) is 2.97. The Hall–Kier alpha value is -2.18. The zero-order valence-corrected chi connectivity index (χ0v) is 16.1. The molecule has 2 aromatic rings. The Kier molecular flexibility index (Phi) is 5.27. The molecule has 0 radical (unpaired) electrons. The van der Waals surface area contributed by atoms with Gasteiger partial charge in [-0.15, -0.1) is 0 Å². The molecule has 4 rings (SSSR count). The van der Waals surface area contributed by atoms with E-state index in [0.717, 1.165) is 25.2 Å². The third-order valence-electron chi connectivity index (χ3n) is 5.49. The minimum Gasteiger partial charge on any atom is -0.436 e. The standard InChI is InChI=1S/C21H27N3O3/c1-15-20(27-16(2)22-15)21(25)24-12-13-26-18(14-23-10-6-7-11-23)19(24)17-8-4-3-5-9-17/h3-5,8-9,18-19H,6-7,10-14H2,1-2H3/t18-,19-/m0/s1. The second kappa shape index (κ2) is 7.82. The van der Waals surface area contributed by atoms with Crippen LogP contribution in [-0.2, 0) is 4.74 Å². The summed E-state index contributed by atoms with van der Waals surface area (Å²) in [5.74, 6) is 0.765. The number of aryl methyl sites for hydroxylation is 2. The number of aromatic nitrogens is 1. The lowest BCUT2D eigenvalue weighted by Crippen LogP contribution is -2.51. The third-order valence-corrected chi connectivity index (χ3v) is 5.49. The van der Waals surface area contributed by atoms with E-state index in [1.165, 1.54) is 12.8 Å². The lowest BCUT2D eigenvalue weighted by molar-refractivity contribution is -0.0714. The Labute approximate surface area is 160 Å². The molecule has 2 aliphatic heterocycles. The number of carbonyl (C=O) groups is 1. The van der Waals surface area contributed by atoms with Gasteiger partial charge in [0.05, 0.1) is 24.4 Å². The number of carbonyl (C=O) groups excluding carboxylic acids is 1. The second-order valence-corrected chi connectivity index (χ2v) is 7.42. The van der Waals surface area contributed by atoms with E-state index in [2.05, 4.69) is 22.0 Å². The summed E-state index contributed by atoms with van der Waals surface area (Å²) in [5, 5.41) is 0. The van der Waals surface area contributed by atoms with E-state index in [0.29, 0.717) is 30.5 Å². The first kappa shape index (κ1) is 18.2. The smallest absolute Gasteiger partial charge is 0.292 e. The van der Waals surface area contributed by atoms with Crippen LogP contribution in [0, 0.1) is 13.8 Å². The maximum atomic E-state index is 13.3. The average Bonchev–Trinajstić information content (AvgIpc) is 3.30. The molecule has 1 aromatic carbocycles. The summed E-state index contributed by atoms with van der Waals surface area (Å²) in [4.78, 5) is 21.9. The van der Waals surface area contributed by atoms with Gasteiger partial charge in [-0.1, -0.05) is 30.3 Å². The zero-order chi connectivity index (χ0) is 18.8. The summed E-state index contributed by atoms with van der Waals surface area (Å²) >= 11 is 0. The largest absolute Gasteiger partial charge is 0.436 e. The maximum Gasteiger partial charge on any atom is 0.292 e. The van der Waals surface area contributed by atoms with Gasteiger partial charge in [0, 0.05) is 20.0 Å². The van der Waals surface area contributed by atoms with Gasteiger partial charge in [-0.05, 0) is 38.4 Å². The van der Waals surface area contributed by atoms with E-state index < -0.39 is 0 Å². The van der Waals surface area contributed by atoms with Gasteiger partial charge in [-0.25, -0.2) is 4.98 Å². The van der Waals surface area contributed by atoms with E-state index in [-0.39, 0.29) is 18.1 Å². The van der Waals surface area contributed by atoms with Gasteiger partial charge in [0.2, 0.25) is 5.76 Å². The molecule has 27 heavy (non-hydrogen) atoms. The Morgan fingerprint density at radius 2 is 1.89 bits per heavy atom. The van der Waals surface area contributed by atoms with Crippen molar-refractivity contribution in [1.29, 1.82) is 0 Å². The molecule has 2 atom stereocenters. The van der Waals surface area contributed by atoms with Crippen LogP contribution in [0.1, 0.15) is 46.6 Å². The molecule has 0 N–H and O–H groups in total. The molecular formula is C21H27N3O3. The van der Waals surface area contributed by atoms with Gasteiger partial charge in [0.15, 0.2) is 5.89 Å². The van der Waals surface area contributed by atoms with Gasteiger partial charge in [-0.3, -0.25) is 4.79 Å². The van der Waals surface area contributed by atoms with Crippen LogP contribution in [0.5, 0.6) is 0 Å². The molecule has 6 nitrogen and oxygen atoms in total. The highest BCUT2D eigenvalue weighted by molar-refractivity contribution is 5.93. The number of rotatable bonds is 4. The highest BCUT2D eigenvalue weighted by Crippen LogP contribution is 2.32. The zero-order valence-electron chi connectivity index (χ0n) is 16.1. The first-order chi connectivity index (χ1) is 13.1. The summed E-state index contributed by atoms with van der Waals surface area (Å²) in [6, 6.07) is 10.1. The highest BCUT2D eigenvalue weighted by atomic mass is 16.5. The molecule has 0 aliphatic carbocycles. The molecule has 0 bridgehead atoms. The average molecular weight is 369 g/mol. The molecular weight excluding hydrogens is 342 g/mol. The summed E-state index contributed by atoms with van der Waals surface area (Å²) in [6.07, 6.45) is 2.43. The predicted molar refractivity (Wildman–Crippen MR) is 102 cm³/mol. The topological polar surface area (TPSA) is 58.8 Å². The van der Waals surface area contributed by atoms with Crippen LogP contribution < -0.4 is 0 Å². The summed E-state index contributed by atoms with van der Waals surface area (Å²) in [7, 11) is 0. The van der Waals surface area contributed by atoms with Crippen LogP contribution in [0.4, 0.5) is 0 Å². The molecule has 1 aromatic heterocycles. The van der Waals surface area contributed by atoms with Crippen molar-refractivity contribution < 1.29 is 13.9 Å². The number of ether oxygens (including phenoxy) is 1. The SMILES string of the molecule is Cc1nc(C)c(C(=O)N2CCO[C@@H](CN3CCCC3)[C@@H]2c2ccccc2)o1. The molecule has 0 unspecified atom stereocenters. The Morgan fingerprint density at radius 3 is 2.56 bits per heavy atom. The fourth-order valence-corrected chi connectivity index (χ4v) is 4.24. The van der Waals surface area contributed by atoms with Gasteiger partial charge in [0.25, 0.3) is 5.91 Å². The number of nitrogens with zero attached hydrogens (tertiary/aromatic N) is 3. The Balaban J connectivity index is 1.65. The quantitative estimate of drug-likeness (QED) is 0.829. The van der Waals surface area contributed by atoms with Crippen LogP contribution in [0.15, 0.2) is 34.7 Å². The maximum absolute atomic E-state index is 13.3. The van der Waals surface area contributed by atoms with E-state index in [1.807, 2.05) is 30.0 Å². The van der Waals surface area contributed by atoms with Crippen LogP contribution in [0.2, 0.25) is 0 Å². The molecule has 6 heteroatoms. The van der Waals surface area contributed by atoms with Gasteiger partial charge in [0.1, 0.15) is 0 Å². The fourth-order valence-electron chi connectivity index (χ4n) is 4.24. The van der Waals surface area contributed by atoms with Crippen molar-refractivity contribution in [3.05, 3.63) is 53.2 Å². The molecule has 2 aliphatic rings. The van der Waals surface area contributed by atoms with Crippen molar-refractivity contribution in [3.63, 3.8) is 0 Å². The number of morpholine rings is 1. The van der Waals surface area contributed by atoms with Crippen molar-refractivity contribution in [1.82, 2.24) is 14.8 Å². The molecule has 2 fully saturated rings. The molecule has 2 saturated heterocycles. The number of likely N-dealkylation sites (tertiary alicyclic amines) is 1. The van der Waals surface area contributed by atoms with E-state index in [9.17, 15) is 4.79 Å². The highest BCUT2D eigenvalue weighted by Gasteiger charge is 2.39. The normalized spacial score (nSPS) is 23.7. The van der Waals surface area contributed by atoms with Gasteiger partial charge in [-0.2, -0.15) is 0 Å². The van der Waals surface area contributed by atoms with Crippen molar-refractivity contribution in [2.24, 2.45) is 0 Å². The Morgan fingerprint density at radius 1 is 1.15 bits per heavy atom. The lowest BCUT2D eigenvalue weighted by Gasteiger charge is -2.42. The summed E-state index contributed by atoms with van der Waals surface area (Å²) in [6.45, 7) is 7.74. The summed E-state index contributed by atoms with van der Waals surface area (Å²) < 4.78 is 11.8. The fraction of sp³-hybridized carbons (Fsp3) is 0.524. The second-order valence-electron chi connectivity index (χ2n) is 7.42. The Bertz CT molecular complexity index is 783. The lowest BCUT2D eigenvalue weighted by atomic mass is 9.97. The number of hydrogen-bond acceptors (Lipinski definition) is 5. The first-order valence-corrected chi connectivity index (χ1v) is 9.77. The van der Waals surface area contributed by atoms with Crippen LogP contribution in [0.25, 0.3) is 0 Å². The number of hydrogen-bond donors (Lipinski definition) is 0. The van der Waals surface area contributed by atoms with Crippen LogP contribution in [0.3, 0.4) is 0 Å². The van der Waals surface area contributed by atoms with Crippen LogP contribution >= 0.6 is 0 Å². The molecule has 144 valence electrons. The number of benzene rings is 1. The van der Waals surface area contributed by atoms with Gasteiger partial charge >= 0.3 is 0 Å². The van der Waals surface area contributed by atoms with E-state index in [1.54, 1.807) is 6.92 Å². The first-order valence-electron chi connectivity index (χ1n) is 9.77. The molecule has 3 heterocycles. The number of amides is 1. The van der Waals surface area contributed by atoms with Crippen molar-refractivity contribution in [2.45, 2.75) is 38.8 Å². The molecule has 0 saturated carbocycles. The monoisotopic (exact) mass is 369 g/mol. The van der Waals surface area contributed by atoms with Crippen molar-refractivity contribution in [2.75, 3.05) is 32.8 Å². The van der Waals surface area contributed by atoms with Crippen molar-refractivity contribution >= 4 is 5.91 Å². The third kappa shape index (κ3) is 3.77. The number of oxazole rings is 1. The van der Waals surface area contributed by atoms with Gasteiger partial charge < -0.3 is 19.0 Å².